The predicted molar refractivity (Wildman–Crippen MR) is 134 cm³/mol. The standard InChI is InChI=1S/C25H29BrN2O4S/c1-25(2,11-6-5-8-18-9-7-13-33-18)27(3)22(29)16-28-12-10-17-14-21(32-4)20(26)15-19(17)23(28)24(30)31/h7,9,13-15,23H,6,10-12,16H2,1-4H3,(H,30,31). The zero-order chi connectivity index (χ0) is 24.2. The summed E-state index contributed by atoms with van der Waals surface area (Å²) in [7, 11) is 3.37. The molecule has 1 N–H and O–H groups in total. The van der Waals surface area contributed by atoms with E-state index in [0.29, 0.717) is 35.2 Å². The number of ether oxygens (including phenoxy) is 1. The van der Waals surface area contributed by atoms with Crippen LogP contribution in [0.5, 0.6) is 5.75 Å². The number of rotatable bonds is 7. The summed E-state index contributed by atoms with van der Waals surface area (Å²) >= 11 is 5.06. The van der Waals surface area contributed by atoms with Gasteiger partial charge in [0.15, 0.2) is 0 Å². The van der Waals surface area contributed by atoms with Crippen molar-refractivity contribution in [2.45, 2.75) is 44.7 Å². The molecule has 0 spiro atoms. The molecule has 0 fully saturated rings. The van der Waals surface area contributed by atoms with Crippen LogP contribution in [0.2, 0.25) is 0 Å². The number of methoxy groups -OCH3 is 1. The lowest BCUT2D eigenvalue weighted by Crippen LogP contribution is -2.51. The first-order chi connectivity index (χ1) is 15.6. The van der Waals surface area contributed by atoms with Crippen LogP contribution in [0.4, 0.5) is 0 Å². The van der Waals surface area contributed by atoms with Crippen molar-refractivity contribution in [2.24, 2.45) is 0 Å². The second-order valence-electron chi connectivity index (χ2n) is 8.69. The Bertz CT molecular complexity index is 1070. The second kappa shape index (κ2) is 10.7. The third-order valence-corrected chi connectivity index (χ3v) is 7.60. The van der Waals surface area contributed by atoms with Crippen molar-refractivity contribution >= 4 is 39.1 Å². The number of hydrogen-bond acceptors (Lipinski definition) is 5. The second-order valence-corrected chi connectivity index (χ2v) is 10.5. The van der Waals surface area contributed by atoms with Gasteiger partial charge in [0.05, 0.1) is 23.0 Å². The minimum absolute atomic E-state index is 0.0425. The van der Waals surface area contributed by atoms with E-state index in [1.54, 1.807) is 41.4 Å². The molecular formula is C25H29BrN2O4S. The summed E-state index contributed by atoms with van der Waals surface area (Å²) in [6.07, 6.45) is 2.06. The van der Waals surface area contributed by atoms with Crippen LogP contribution in [0.15, 0.2) is 34.1 Å². The highest BCUT2D eigenvalue weighted by atomic mass is 79.9. The van der Waals surface area contributed by atoms with E-state index in [2.05, 4.69) is 27.8 Å². The van der Waals surface area contributed by atoms with Gasteiger partial charge in [0.1, 0.15) is 11.8 Å². The Labute approximate surface area is 207 Å². The molecule has 0 aliphatic carbocycles. The third kappa shape index (κ3) is 5.97. The summed E-state index contributed by atoms with van der Waals surface area (Å²) in [5.41, 5.74) is 1.23. The van der Waals surface area contributed by atoms with Crippen LogP contribution in [-0.4, -0.2) is 59.6 Å². The number of aliphatic carboxylic acids is 1. The Morgan fingerprint density at radius 2 is 2.15 bits per heavy atom. The fourth-order valence-corrected chi connectivity index (χ4v) is 5.06. The molecule has 0 radical (unpaired) electrons. The van der Waals surface area contributed by atoms with Crippen molar-refractivity contribution in [2.75, 3.05) is 27.2 Å². The Morgan fingerprint density at radius 3 is 2.79 bits per heavy atom. The largest absolute Gasteiger partial charge is 0.496 e. The molecule has 0 saturated heterocycles. The van der Waals surface area contributed by atoms with E-state index < -0.39 is 17.6 Å². The van der Waals surface area contributed by atoms with Crippen molar-refractivity contribution in [1.82, 2.24) is 9.80 Å². The molecule has 1 aromatic carbocycles. The van der Waals surface area contributed by atoms with E-state index in [4.69, 9.17) is 4.74 Å². The van der Waals surface area contributed by atoms with Gasteiger partial charge in [0.2, 0.25) is 5.91 Å². The van der Waals surface area contributed by atoms with Crippen molar-refractivity contribution in [3.63, 3.8) is 0 Å². The SMILES string of the molecule is COc1cc2c(cc1Br)C(C(=O)O)N(CC(=O)N(C)C(C)(C)CCC#Cc1cccs1)CC2. The van der Waals surface area contributed by atoms with Gasteiger partial charge in [-0.05, 0) is 77.3 Å². The molecule has 6 nitrogen and oxygen atoms in total. The number of halogens is 1. The molecule has 1 amide bonds. The van der Waals surface area contributed by atoms with Crippen LogP contribution in [-0.2, 0) is 16.0 Å². The number of carboxylic acids is 1. The Morgan fingerprint density at radius 1 is 1.39 bits per heavy atom. The molecule has 1 aliphatic rings. The molecule has 3 rings (SSSR count). The molecule has 176 valence electrons. The number of amides is 1. The van der Waals surface area contributed by atoms with Gasteiger partial charge in [0, 0.05) is 25.6 Å². The lowest BCUT2D eigenvalue weighted by Gasteiger charge is -2.39. The van der Waals surface area contributed by atoms with E-state index in [0.717, 1.165) is 16.9 Å². The number of hydrogen-bond donors (Lipinski definition) is 1. The Hall–Kier alpha value is -2.34. The molecule has 1 aliphatic heterocycles. The van der Waals surface area contributed by atoms with Crippen LogP contribution >= 0.6 is 27.3 Å². The van der Waals surface area contributed by atoms with E-state index >= 15 is 0 Å². The minimum Gasteiger partial charge on any atom is -0.496 e. The van der Waals surface area contributed by atoms with Gasteiger partial charge < -0.3 is 14.7 Å². The first-order valence-corrected chi connectivity index (χ1v) is 12.4. The molecule has 1 unspecified atom stereocenters. The van der Waals surface area contributed by atoms with E-state index in [1.165, 1.54) is 0 Å². The number of carboxylic acid groups (broad SMARTS) is 1. The van der Waals surface area contributed by atoms with E-state index in [1.807, 2.05) is 37.4 Å². The summed E-state index contributed by atoms with van der Waals surface area (Å²) in [6.45, 7) is 4.56. The first-order valence-electron chi connectivity index (χ1n) is 10.8. The van der Waals surface area contributed by atoms with Gasteiger partial charge in [-0.15, -0.1) is 11.3 Å². The van der Waals surface area contributed by atoms with E-state index in [9.17, 15) is 14.7 Å². The molecule has 8 heteroatoms. The molecule has 33 heavy (non-hydrogen) atoms. The smallest absolute Gasteiger partial charge is 0.325 e. The summed E-state index contributed by atoms with van der Waals surface area (Å²) in [4.78, 5) is 29.8. The lowest BCUT2D eigenvalue weighted by atomic mass is 9.92. The highest BCUT2D eigenvalue weighted by Crippen LogP contribution is 2.37. The third-order valence-electron chi connectivity index (χ3n) is 6.19. The predicted octanol–water partition coefficient (Wildman–Crippen LogP) is 4.57. The Balaban J connectivity index is 1.68. The normalized spacial score (nSPS) is 15.8. The van der Waals surface area contributed by atoms with Gasteiger partial charge >= 0.3 is 5.97 Å². The zero-order valence-corrected chi connectivity index (χ0v) is 21.8. The lowest BCUT2D eigenvalue weighted by molar-refractivity contribution is -0.146. The average Bonchev–Trinajstić information content (AvgIpc) is 3.29. The van der Waals surface area contributed by atoms with Gasteiger partial charge in [-0.3, -0.25) is 14.5 Å². The van der Waals surface area contributed by atoms with E-state index in [-0.39, 0.29) is 12.5 Å². The van der Waals surface area contributed by atoms with Gasteiger partial charge in [-0.2, -0.15) is 0 Å². The number of thiophene rings is 1. The fraction of sp³-hybridized carbons (Fsp3) is 0.440. The number of carbonyl (C=O) groups is 2. The maximum Gasteiger partial charge on any atom is 0.325 e. The van der Waals surface area contributed by atoms with Crippen LogP contribution in [0.3, 0.4) is 0 Å². The number of fused-ring (bicyclic) bond motifs is 1. The summed E-state index contributed by atoms with van der Waals surface area (Å²) < 4.78 is 6.05. The number of nitrogens with zero attached hydrogens (tertiary/aromatic N) is 2. The Kier molecular flexibility index (Phi) is 8.22. The number of carbonyl (C=O) groups excluding carboxylic acids is 1. The summed E-state index contributed by atoms with van der Waals surface area (Å²) in [5, 5.41) is 12.0. The highest BCUT2D eigenvalue weighted by Gasteiger charge is 2.36. The molecule has 1 aromatic heterocycles. The van der Waals surface area contributed by atoms with Crippen LogP contribution in [0.1, 0.15) is 48.7 Å². The van der Waals surface area contributed by atoms with Gasteiger partial charge in [0.25, 0.3) is 0 Å². The fourth-order valence-electron chi connectivity index (χ4n) is 3.94. The topological polar surface area (TPSA) is 70.1 Å². The minimum atomic E-state index is -0.966. The molecule has 2 aromatic rings. The highest BCUT2D eigenvalue weighted by molar-refractivity contribution is 9.10. The quantitative estimate of drug-likeness (QED) is 0.528. The molecule has 0 bridgehead atoms. The first kappa shape index (κ1) is 25.3. The summed E-state index contributed by atoms with van der Waals surface area (Å²) in [5.74, 6) is 5.94. The van der Waals surface area contributed by atoms with Crippen molar-refractivity contribution < 1.29 is 19.4 Å². The molecule has 1 atom stereocenters. The summed E-state index contributed by atoms with van der Waals surface area (Å²) in [6, 6.07) is 6.75. The van der Waals surface area contributed by atoms with Crippen LogP contribution < -0.4 is 4.74 Å². The van der Waals surface area contributed by atoms with Crippen LogP contribution in [0, 0.1) is 11.8 Å². The van der Waals surface area contributed by atoms with Gasteiger partial charge in [-0.1, -0.05) is 17.9 Å². The molecular weight excluding hydrogens is 504 g/mol. The zero-order valence-electron chi connectivity index (χ0n) is 19.4. The number of likely N-dealkylation sites (N-methyl/N-ethyl adjacent to an activating group) is 1. The maximum absolute atomic E-state index is 13.2. The van der Waals surface area contributed by atoms with Crippen molar-refractivity contribution in [3.8, 4) is 17.6 Å². The average molecular weight is 533 g/mol. The maximum atomic E-state index is 13.2. The van der Waals surface area contributed by atoms with Crippen molar-refractivity contribution in [1.29, 1.82) is 0 Å². The van der Waals surface area contributed by atoms with Gasteiger partial charge in [-0.25, -0.2) is 0 Å². The molecule has 2 heterocycles. The van der Waals surface area contributed by atoms with Crippen LogP contribution in [0.25, 0.3) is 0 Å². The van der Waals surface area contributed by atoms with Crippen molar-refractivity contribution in [3.05, 3.63) is 50.1 Å². The monoisotopic (exact) mass is 532 g/mol. The molecule has 0 saturated carbocycles. The number of benzene rings is 1.